The van der Waals surface area contributed by atoms with Gasteiger partial charge in [0.15, 0.2) is 0 Å². The number of fused-ring (bicyclic) bond motifs is 2. The number of hydrogen-bond donors (Lipinski definition) is 6. The molecule has 43 heavy (non-hydrogen) atoms. The van der Waals surface area contributed by atoms with E-state index in [1.54, 1.807) is 19.2 Å². The average Bonchev–Trinajstić information content (AvgIpc) is 3.80. The van der Waals surface area contributed by atoms with Crippen molar-refractivity contribution in [1.29, 1.82) is 0 Å². The molecule has 1 aromatic rings. The van der Waals surface area contributed by atoms with Crippen molar-refractivity contribution in [3.8, 4) is 5.75 Å². The molecular formula is C33H56N6O4. The van der Waals surface area contributed by atoms with Gasteiger partial charge in [0.25, 0.3) is 0 Å². The van der Waals surface area contributed by atoms with Gasteiger partial charge in [0.1, 0.15) is 11.8 Å². The van der Waals surface area contributed by atoms with Crippen LogP contribution in [-0.2, 0) is 14.4 Å². The van der Waals surface area contributed by atoms with Crippen molar-refractivity contribution in [2.24, 2.45) is 5.73 Å². The van der Waals surface area contributed by atoms with Crippen LogP contribution in [-0.4, -0.2) is 80.1 Å². The predicted octanol–water partition coefficient (Wildman–Crippen LogP) is 3.38. The number of carbonyl (C=O) groups is 3. The van der Waals surface area contributed by atoms with E-state index in [0.717, 1.165) is 36.1 Å². The Morgan fingerprint density at radius 3 is 2.44 bits per heavy atom. The first-order valence-electron chi connectivity index (χ1n) is 15.7. The number of phenols is 1. The molecular weight excluding hydrogens is 544 g/mol. The topological polar surface area (TPSA) is 149 Å². The van der Waals surface area contributed by atoms with E-state index in [1.807, 2.05) is 51.8 Å². The highest BCUT2D eigenvalue weighted by Gasteiger charge is 2.50. The van der Waals surface area contributed by atoms with Crippen LogP contribution < -0.4 is 27.0 Å². The monoisotopic (exact) mass is 600 g/mol. The fraction of sp³-hybridized carbons (Fsp3) is 0.606. The number of nitrogens with zero attached hydrogens (tertiary/aromatic N) is 1. The molecule has 10 nitrogen and oxygen atoms in total. The van der Waals surface area contributed by atoms with E-state index in [-0.39, 0.29) is 42.1 Å². The van der Waals surface area contributed by atoms with Gasteiger partial charge in [-0.05, 0) is 82.9 Å². The van der Waals surface area contributed by atoms with Gasteiger partial charge in [-0.3, -0.25) is 19.3 Å². The van der Waals surface area contributed by atoms with Crippen molar-refractivity contribution >= 4 is 23.3 Å². The number of aromatic hydroxyl groups is 1. The Labute approximate surface area is 258 Å². The Morgan fingerprint density at radius 1 is 1.21 bits per heavy atom. The number of amides is 3. The molecule has 1 fully saturated rings. The smallest absolute Gasteiger partial charge is 0.242 e. The van der Waals surface area contributed by atoms with Gasteiger partial charge in [-0.15, -0.1) is 0 Å². The van der Waals surface area contributed by atoms with Crippen LogP contribution in [0.3, 0.4) is 0 Å². The molecule has 242 valence electrons. The lowest BCUT2D eigenvalue weighted by Crippen LogP contribution is -2.51. The predicted molar refractivity (Wildman–Crippen MR) is 175 cm³/mol. The Morgan fingerprint density at radius 2 is 1.91 bits per heavy atom. The molecule has 0 spiro atoms. The zero-order valence-corrected chi connectivity index (χ0v) is 27.4. The summed E-state index contributed by atoms with van der Waals surface area (Å²) in [6, 6.07) is 4.55. The SMILES string of the molecule is C/C=C1\C=C(/CC)c2cc(ccc2O)C(N(C)C2(CNC(=O)CNC)CC2)C(=O)NCC(=O)NCC1.CC.CCCCN. The molecule has 1 heterocycles. The zero-order valence-electron chi connectivity index (χ0n) is 27.4. The van der Waals surface area contributed by atoms with E-state index in [2.05, 4.69) is 34.3 Å². The minimum absolute atomic E-state index is 0.103. The molecule has 1 aromatic carbocycles. The molecule has 1 atom stereocenters. The molecule has 1 aliphatic carbocycles. The van der Waals surface area contributed by atoms with Crippen LogP contribution >= 0.6 is 0 Å². The van der Waals surface area contributed by atoms with Gasteiger partial charge in [0.05, 0.1) is 13.1 Å². The van der Waals surface area contributed by atoms with Crippen LogP contribution in [0.2, 0.25) is 0 Å². The minimum Gasteiger partial charge on any atom is -0.507 e. The highest BCUT2D eigenvalue weighted by molar-refractivity contribution is 5.89. The Bertz CT molecular complexity index is 1090. The van der Waals surface area contributed by atoms with Crippen LogP contribution in [0.15, 0.2) is 35.9 Å². The Kier molecular flexibility index (Phi) is 17.5. The first-order valence-corrected chi connectivity index (χ1v) is 15.7. The lowest BCUT2D eigenvalue weighted by Gasteiger charge is -2.35. The molecule has 1 unspecified atom stereocenters. The zero-order chi connectivity index (χ0) is 32.4. The molecule has 2 bridgehead atoms. The summed E-state index contributed by atoms with van der Waals surface area (Å²) in [5.74, 6) is -0.493. The second-order valence-corrected chi connectivity index (χ2v) is 10.7. The van der Waals surface area contributed by atoms with E-state index in [4.69, 9.17) is 5.73 Å². The van der Waals surface area contributed by atoms with Crippen molar-refractivity contribution < 1.29 is 19.5 Å². The van der Waals surface area contributed by atoms with Gasteiger partial charge in [-0.1, -0.05) is 57.9 Å². The van der Waals surface area contributed by atoms with Gasteiger partial charge >= 0.3 is 0 Å². The molecule has 1 aliphatic heterocycles. The van der Waals surface area contributed by atoms with E-state index < -0.39 is 6.04 Å². The Hall–Kier alpha value is -3.21. The number of allylic oxidation sites excluding steroid dienone is 3. The third-order valence-electron chi connectivity index (χ3n) is 7.67. The van der Waals surface area contributed by atoms with E-state index in [9.17, 15) is 19.5 Å². The van der Waals surface area contributed by atoms with Crippen LogP contribution in [0.5, 0.6) is 5.75 Å². The Balaban J connectivity index is 0.00000120. The summed E-state index contributed by atoms with van der Waals surface area (Å²) in [6.07, 6.45) is 9.45. The molecule has 3 rings (SSSR count). The maximum Gasteiger partial charge on any atom is 0.242 e. The summed E-state index contributed by atoms with van der Waals surface area (Å²) in [7, 11) is 3.60. The number of nitrogens with two attached hydrogens (primary N) is 1. The second kappa shape index (κ2) is 19.9. The normalized spacial score (nSPS) is 20.2. The largest absolute Gasteiger partial charge is 0.507 e. The van der Waals surface area contributed by atoms with Crippen molar-refractivity contribution in [2.75, 3.05) is 46.8 Å². The number of carbonyl (C=O) groups excluding carboxylic acids is 3. The summed E-state index contributed by atoms with van der Waals surface area (Å²) in [5, 5.41) is 22.2. The maximum absolute atomic E-state index is 13.5. The average molecular weight is 601 g/mol. The molecule has 3 amide bonds. The molecule has 0 aromatic heterocycles. The minimum atomic E-state index is -0.705. The van der Waals surface area contributed by atoms with Crippen LogP contribution in [0.4, 0.5) is 0 Å². The molecule has 10 heteroatoms. The van der Waals surface area contributed by atoms with Gasteiger partial charge in [-0.2, -0.15) is 0 Å². The second-order valence-electron chi connectivity index (χ2n) is 10.7. The third-order valence-corrected chi connectivity index (χ3v) is 7.67. The lowest BCUT2D eigenvalue weighted by molar-refractivity contribution is -0.130. The number of rotatable bonds is 9. The molecule has 2 aliphatic rings. The number of benzene rings is 1. The highest BCUT2D eigenvalue weighted by atomic mass is 16.3. The van der Waals surface area contributed by atoms with Gasteiger partial charge in [-0.25, -0.2) is 0 Å². The summed E-state index contributed by atoms with van der Waals surface area (Å²) >= 11 is 0. The van der Waals surface area contributed by atoms with Crippen molar-refractivity contribution in [2.45, 2.75) is 84.7 Å². The molecule has 7 N–H and O–H groups in total. The quantitative estimate of drug-likeness (QED) is 0.255. The van der Waals surface area contributed by atoms with Crippen molar-refractivity contribution in [3.05, 3.63) is 47.1 Å². The first-order chi connectivity index (χ1) is 20.7. The number of likely N-dealkylation sites (N-methyl/N-ethyl adjacent to an activating group) is 2. The summed E-state index contributed by atoms with van der Waals surface area (Å²) < 4.78 is 0. The van der Waals surface area contributed by atoms with Crippen molar-refractivity contribution in [1.82, 2.24) is 26.2 Å². The fourth-order valence-electron chi connectivity index (χ4n) is 4.86. The molecule has 0 radical (unpaired) electrons. The number of unbranched alkanes of at least 4 members (excludes halogenated alkanes) is 1. The number of hydrogen-bond acceptors (Lipinski definition) is 7. The summed E-state index contributed by atoms with van der Waals surface area (Å²) in [6.45, 7) is 11.9. The summed E-state index contributed by atoms with van der Waals surface area (Å²) in [5.41, 5.74) is 8.19. The van der Waals surface area contributed by atoms with E-state index >= 15 is 0 Å². The van der Waals surface area contributed by atoms with Gasteiger partial charge in [0, 0.05) is 24.2 Å². The highest BCUT2D eigenvalue weighted by Crippen LogP contribution is 2.45. The van der Waals surface area contributed by atoms with Crippen LogP contribution in [0.25, 0.3) is 5.57 Å². The van der Waals surface area contributed by atoms with E-state index in [0.29, 0.717) is 31.5 Å². The molecule has 0 saturated heterocycles. The van der Waals surface area contributed by atoms with Gasteiger partial charge in [0.2, 0.25) is 17.7 Å². The third kappa shape index (κ3) is 11.8. The van der Waals surface area contributed by atoms with Crippen molar-refractivity contribution in [3.63, 3.8) is 0 Å². The van der Waals surface area contributed by atoms with Gasteiger partial charge < -0.3 is 32.1 Å². The van der Waals surface area contributed by atoms with Crippen LogP contribution in [0, 0.1) is 0 Å². The fourth-order valence-corrected chi connectivity index (χ4v) is 4.86. The number of nitrogens with one attached hydrogen (secondary N) is 4. The molecule has 1 saturated carbocycles. The number of phenolic OH excluding ortho intramolecular Hbond substituents is 1. The standard InChI is InChI=1S/C27H39N5O4.C4H11N.C2H6/c1-5-18-9-12-29-24(35)16-30-26(36)25(20-7-8-22(33)21(14-20)19(6-2)13-18)32(4)27(10-11-27)17-31-23(34)15-28-3;1-2-3-4-5;1-2/h5,7-8,13-14,25,28,33H,6,9-12,15-17H2,1-4H3,(H,29,35)(H,30,36)(H,31,34);2-5H2,1H3;1-2H3/b18-5-,19-13+;;. The van der Waals surface area contributed by atoms with E-state index in [1.165, 1.54) is 12.8 Å². The summed E-state index contributed by atoms with van der Waals surface area (Å²) in [4.78, 5) is 40.0. The lowest BCUT2D eigenvalue weighted by atomic mass is 9.93. The first kappa shape index (κ1) is 37.8. The van der Waals surface area contributed by atoms with Crippen LogP contribution in [0.1, 0.15) is 90.3 Å². The maximum atomic E-state index is 13.5.